The summed E-state index contributed by atoms with van der Waals surface area (Å²) >= 11 is 0. The molecule has 0 aliphatic carbocycles. The van der Waals surface area contributed by atoms with E-state index in [1.165, 1.54) is 11.1 Å². The van der Waals surface area contributed by atoms with Crippen LogP contribution in [0.3, 0.4) is 0 Å². The second-order valence-electron chi connectivity index (χ2n) is 6.32. The van der Waals surface area contributed by atoms with Crippen LogP contribution in [-0.4, -0.2) is 52.5 Å². The first-order valence-corrected chi connectivity index (χ1v) is 8.87. The van der Waals surface area contributed by atoms with Crippen LogP contribution in [0.5, 0.6) is 0 Å². The predicted octanol–water partition coefficient (Wildman–Crippen LogP) is 2.86. The van der Waals surface area contributed by atoms with Crippen LogP contribution in [0.15, 0.2) is 29.3 Å². The maximum absolute atomic E-state index is 5.62. The molecule has 6 heteroatoms. The van der Waals surface area contributed by atoms with E-state index in [4.69, 9.17) is 14.5 Å². The maximum Gasteiger partial charge on any atom is 0.191 e. The zero-order chi connectivity index (χ0) is 17.3. The summed E-state index contributed by atoms with van der Waals surface area (Å²) in [6.45, 7) is 8.92. The van der Waals surface area contributed by atoms with Crippen molar-refractivity contribution in [3.8, 4) is 0 Å². The van der Waals surface area contributed by atoms with Gasteiger partial charge >= 0.3 is 0 Å². The summed E-state index contributed by atoms with van der Waals surface area (Å²) < 4.78 is 10.7. The Labute approximate surface area is 169 Å². The van der Waals surface area contributed by atoms with Crippen LogP contribution in [-0.2, 0) is 14.9 Å². The lowest BCUT2D eigenvalue weighted by Gasteiger charge is -2.37. The van der Waals surface area contributed by atoms with Gasteiger partial charge in [0.25, 0.3) is 0 Å². The number of hydrogen-bond acceptors (Lipinski definition) is 3. The summed E-state index contributed by atoms with van der Waals surface area (Å²) in [7, 11) is 1.71. The molecule has 1 aliphatic rings. The van der Waals surface area contributed by atoms with Crippen LogP contribution in [0.4, 0.5) is 0 Å². The van der Waals surface area contributed by atoms with Crippen molar-refractivity contribution in [1.82, 2.24) is 10.6 Å². The number of rotatable bonds is 7. The van der Waals surface area contributed by atoms with Crippen LogP contribution >= 0.6 is 24.0 Å². The topological polar surface area (TPSA) is 54.9 Å². The zero-order valence-electron chi connectivity index (χ0n) is 15.6. The van der Waals surface area contributed by atoms with E-state index < -0.39 is 0 Å². The number of benzene rings is 1. The molecule has 0 aromatic heterocycles. The number of nitrogens with zero attached hydrogens (tertiary/aromatic N) is 1. The number of ether oxygens (including phenoxy) is 2. The zero-order valence-corrected chi connectivity index (χ0v) is 18.0. The Morgan fingerprint density at radius 2 is 1.96 bits per heavy atom. The summed E-state index contributed by atoms with van der Waals surface area (Å²) in [4.78, 5) is 4.88. The van der Waals surface area contributed by atoms with Crippen molar-refractivity contribution in [2.75, 3.05) is 46.6 Å². The largest absolute Gasteiger partial charge is 0.383 e. The van der Waals surface area contributed by atoms with Crippen molar-refractivity contribution >= 4 is 29.9 Å². The van der Waals surface area contributed by atoms with Gasteiger partial charge in [0.2, 0.25) is 0 Å². The smallest absolute Gasteiger partial charge is 0.191 e. The van der Waals surface area contributed by atoms with Gasteiger partial charge in [-0.1, -0.05) is 24.3 Å². The molecule has 142 valence electrons. The Morgan fingerprint density at radius 3 is 2.60 bits per heavy atom. The molecule has 2 N–H and O–H groups in total. The van der Waals surface area contributed by atoms with Crippen molar-refractivity contribution in [1.29, 1.82) is 0 Å². The van der Waals surface area contributed by atoms with E-state index in [-0.39, 0.29) is 29.4 Å². The molecule has 0 spiro atoms. The van der Waals surface area contributed by atoms with Crippen LogP contribution in [0.2, 0.25) is 0 Å². The first-order chi connectivity index (χ1) is 11.7. The van der Waals surface area contributed by atoms with E-state index in [0.717, 1.165) is 51.6 Å². The fourth-order valence-electron chi connectivity index (χ4n) is 3.29. The van der Waals surface area contributed by atoms with Crippen molar-refractivity contribution in [2.45, 2.75) is 32.1 Å². The van der Waals surface area contributed by atoms with Crippen LogP contribution in [0, 0.1) is 6.92 Å². The normalized spacial score (nSPS) is 16.8. The fourth-order valence-corrected chi connectivity index (χ4v) is 3.29. The molecule has 0 bridgehead atoms. The molecule has 0 unspecified atom stereocenters. The van der Waals surface area contributed by atoms with Crippen molar-refractivity contribution < 1.29 is 9.47 Å². The Balaban J connectivity index is 0.00000312. The molecule has 1 saturated heterocycles. The molecule has 1 aromatic carbocycles. The van der Waals surface area contributed by atoms with Crippen molar-refractivity contribution in [3.63, 3.8) is 0 Å². The Hall–Kier alpha value is -0.860. The van der Waals surface area contributed by atoms with Gasteiger partial charge in [-0.05, 0) is 37.8 Å². The number of aliphatic imine (C=N–C) groups is 1. The minimum absolute atomic E-state index is 0. The highest BCUT2D eigenvalue weighted by molar-refractivity contribution is 14.0. The molecule has 0 radical (unpaired) electrons. The van der Waals surface area contributed by atoms with E-state index in [2.05, 4.69) is 48.7 Å². The van der Waals surface area contributed by atoms with Crippen molar-refractivity contribution in [3.05, 3.63) is 35.4 Å². The summed E-state index contributed by atoms with van der Waals surface area (Å²) in [5.74, 6) is 0.856. The molecule has 1 aromatic rings. The van der Waals surface area contributed by atoms with Gasteiger partial charge in [-0.25, -0.2) is 0 Å². The lowest BCUT2D eigenvalue weighted by atomic mass is 9.72. The summed E-state index contributed by atoms with van der Waals surface area (Å²) in [6.07, 6.45) is 2.03. The Kier molecular flexibility index (Phi) is 10.4. The van der Waals surface area contributed by atoms with E-state index in [1.54, 1.807) is 7.11 Å². The molecule has 0 saturated carbocycles. The molecule has 1 fully saturated rings. The Morgan fingerprint density at radius 1 is 1.24 bits per heavy atom. The van der Waals surface area contributed by atoms with Gasteiger partial charge in [-0.3, -0.25) is 4.99 Å². The minimum atomic E-state index is 0. The van der Waals surface area contributed by atoms with Gasteiger partial charge in [0.15, 0.2) is 5.96 Å². The average molecular weight is 461 g/mol. The van der Waals surface area contributed by atoms with Crippen molar-refractivity contribution in [2.24, 2.45) is 4.99 Å². The predicted molar refractivity (Wildman–Crippen MR) is 114 cm³/mol. The molecule has 5 nitrogen and oxygen atoms in total. The molecule has 1 aliphatic heterocycles. The maximum atomic E-state index is 5.62. The molecule has 2 rings (SSSR count). The number of aryl methyl sites for hydroxylation is 1. The summed E-state index contributed by atoms with van der Waals surface area (Å²) in [6, 6.07) is 8.68. The number of guanidine groups is 1. The molecule has 25 heavy (non-hydrogen) atoms. The molecular formula is C19H32IN3O2. The lowest BCUT2D eigenvalue weighted by molar-refractivity contribution is 0.0529. The second-order valence-corrected chi connectivity index (χ2v) is 6.32. The number of hydrogen-bond donors (Lipinski definition) is 2. The van der Waals surface area contributed by atoms with Crippen LogP contribution in [0.25, 0.3) is 0 Å². The molecular weight excluding hydrogens is 429 g/mol. The number of halogens is 1. The average Bonchev–Trinajstić information content (AvgIpc) is 2.61. The van der Waals surface area contributed by atoms with E-state index in [1.807, 2.05) is 0 Å². The quantitative estimate of drug-likeness (QED) is 0.284. The highest BCUT2D eigenvalue weighted by Gasteiger charge is 2.35. The summed E-state index contributed by atoms with van der Waals surface area (Å²) in [5, 5.41) is 6.64. The standard InChI is InChI=1S/C19H31N3O2.HI/c1-4-20-18(21-11-14-23-3)22-15-19(9-12-24-13-10-19)17-8-6-5-7-16(17)2;/h5-8H,4,9-15H2,1-3H3,(H2,20,21,22);1H. The lowest BCUT2D eigenvalue weighted by Crippen LogP contribution is -2.42. The second kappa shape index (κ2) is 11.7. The third kappa shape index (κ3) is 6.42. The molecule has 1 heterocycles. The summed E-state index contributed by atoms with van der Waals surface area (Å²) in [5.41, 5.74) is 2.81. The molecule has 0 amide bonds. The third-order valence-electron chi connectivity index (χ3n) is 4.65. The van der Waals surface area contributed by atoms with Crippen LogP contribution < -0.4 is 10.6 Å². The van der Waals surface area contributed by atoms with E-state index >= 15 is 0 Å². The van der Waals surface area contributed by atoms with Gasteiger partial charge in [-0.2, -0.15) is 0 Å². The third-order valence-corrected chi connectivity index (χ3v) is 4.65. The monoisotopic (exact) mass is 461 g/mol. The molecule has 0 atom stereocenters. The number of nitrogens with one attached hydrogen (secondary N) is 2. The fraction of sp³-hybridized carbons (Fsp3) is 0.632. The SMILES string of the molecule is CCNC(=NCC1(c2ccccc2C)CCOCC1)NCCOC.I. The van der Waals surface area contributed by atoms with Gasteiger partial charge in [0.05, 0.1) is 13.2 Å². The Bertz CT molecular complexity index is 531. The number of methoxy groups -OCH3 is 1. The first kappa shape index (κ1) is 22.2. The van der Waals surface area contributed by atoms with Gasteiger partial charge < -0.3 is 20.1 Å². The highest BCUT2D eigenvalue weighted by atomic mass is 127. The highest BCUT2D eigenvalue weighted by Crippen LogP contribution is 2.36. The van der Waals surface area contributed by atoms with Gasteiger partial charge in [0.1, 0.15) is 0 Å². The van der Waals surface area contributed by atoms with E-state index in [9.17, 15) is 0 Å². The van der Waals surface area contributed by atoms with Crippen LogP contribution in [0.1, 0.15) is 30.9 Å². The van der Waals surface area contributed by atoms with Gasteiger partial charge in [0, 0.05) is 38.8 Å². The van der Waals surface area contributed by atoms with E-state index in [0.29, 0.717) is 6.61 Å². The minimum Gasteiger partial charge on any atom is -0.383 e. The first-order valence-electron chi connectivity index (χ1n) is 8.87. The van der Waals surface area contributed by atoms with Gasteiger partial charge in [-0.15, -0.1) is 24.0 Å².